The first-order valence-electron chi connectivity index (χ1n) is 6.72. The Kier molecular flexibility index (Phi) is 5.64. The molecule has 3 nitrogen and oxygen atoms in total. The van der Waals surface area contributed by atoms with Crippen LogP contribution in [0.3, 0.4) is 0 Å². The van der Waals surface area contributed by atoms with Crippen LogP contribution in [0.1, 0.15) is 18.1 Å². The molecule has 0 bridgehead atoms. The Hall–Kier alpha value is -0.780. The van der Waals surface area contributed by atoms with Gasteiger partial charge in [0.05, 0.1) is 21.6 Å². The molecule has 0 radical (unpaired) electrons. The first-order valence-corrected chi connectivity index (χ1v) is 9.67. The molecule has 0 aliphatic rings. The SMILES string of the molecule is C[C@@](O)(CS(=O)(=O)Cc1ccc(Cl)cc1)c1ccc(Cl)c(Cl)c1. The van der Waals surface area contributed by atoms with E-state index in [-0.39, 0.29) is 10.8 Å². The molecule has 0 aliphatic carbocycles. The molecule has 0 saturated carbocycles. The van der Waals surface area contributed by atoms with Gasteiger partial charge in [-0.05, 0) is 42.3 Å². The third-order valence-electron chi connectivity index (χ3n) is 3.34. The summed E-state index contributed by atoms with van der Waals surface area (Å²) >= 11 is 17.6. The molecule has 0 spiro atoms. The van der Waals surface area contributed by atoms with Crippen LogP contribution in [0.4, 0.5) is 0 Å². The molecule has 0 heterocycles. The number of hydrogen-bond donors (Lipinski definition) is 1. The predicted octanol–water partition coefficient (Wildman–Crippen LogP) is 4.47. The Bertz CT molecular complexity index is 800. The van der Waals surface area contributed by atoms with Gasteiger partial charge < -0.3 is 5.11 Å². The van der Waals surface area contributed by atoms with Crippen LogP contribution >= 0.6 is 34.8 Å². The first kappa shape index (κ1) is 18.6. The highest BCUT2D eigenvalue weighted by molar-refractivity contribution is 7.90. The molecule has 2 aromatic rings. The third kappa shape index (κ3) is 5.10. The van der Waals surface area contributed by atoms with Crippen LogP contribution in [0.2, 0.25) is 15.1 Å². The molecule has 0 saturated heterocycles. The average molecular weight is 394 g/mol. The minimum Gasteiger partial charge on any atom is -0.384 e. The fraction of sp³-hybridized carbons (Fsp3) is 0.250. The van der Waals surface area contributed by atoms with Crippen LogP contribution in [-0.4, -0.2) is 19.3 Å². The zero-order chi connectivity index (χ0) is 17.3. The van der Waals surface area contributed by atoms with Crippen molar-refractivity contribution in [3.63, 3.8) is 0 Å². The van der Waals surface area contributed by atoms with Gasteiger partial charge in [-0.15, -0.1) is 0 Å². The number of rotatable bonds is 5. The molecule has 0 fully saturated rings. The van der Waals surface area contributed by atoms with Crippen LogP contribution in [0.5, 0.6) is 0 Å². The van der Waals surface area contributed by atoms with Gasteiger partial charge in [0.25, 0.3) is 0 Å². The fourth-order valence-corrected chi connectivity index (χ4v) is 4.48. The first-order chi connectivity index (χ1) is 10.6. The van der Waals surface area contributed by atoms with Crippen LogP contribution in [0, 0.1) is 0 Å². The van der Waals surface area contributed by atoms with Crippen LogP contribution in [0.25, 0.3) is 0 Å². The van der Waals surface area contributed by atoms with Gasteiger partial charge in [0.2, 0.25) is 0 Å². The van der Waals surface area contributed by atoms with Crippen LogP contribution < -0.4 is 0 Å². The topological polar surface area (TPSA) is 54.4 Å². The lowest BCUT2D eigenvalue weighted by molar-refractivity contribution is 0.0819. The summed E-state index contributed by atoms with van der Waals surface area (Å²) in [5, 5.41) is 11.7. The molecule has 0 aromatic heterocycles. The summed E-state index contributed by atoms with van der Waals surface area (Å²) in [6, 6.07) is 11.1. The van der Waals surface area contributed by atoms with E-state index in [2.05, 4.69) is 0 Å². The highest BCUT2D eigenvalue weighted by Gasteiger charge is 2.30. The highest BCUT2D eigenvalue weighted by atomic mass is 35.5. The second-order valence-electron chi connectivity index (χ2n) is 5.56. The number of halogens is 3. The van der Waals surface area contributed by atoms with Crippen molar-refractivity contribution in [2.24, 2.45) is 0 Å². The van der Waals surface area contributed by atoms with E-state index >= 15 is 0 Å². The second kappa shape index (κ2) is 6.99. The summed E-state index contributed by atoms with van der Waals surface area (Å²) < 4.78 is 24.7. The summed E-state index contributed by atoms with van der Waals surface area (Å²) in [4.78, 5) is 0. The maximum absolute atomic E-state index is 12.4. The van der Waals surface area contributed by atoms with Crippen molar-refractivity contribution >= 4 is 44.6 Å². The van der Waals surface area contributed by atoms with Crippen LogP contribution in [-0.2, 0) is 21.2 Å². The van der Waals surface area contributed by atoms with Gasteiger partial charge in [0, 0.05) is 5.02 Å². The Balaban J connectivity index is 2.20. The Labute approximate surface area is 150 Å². The lowest BCUT2D eigenvalue weighted by Crippen LogP contribution is -2.32. The van der Waals surface area contributed by atoms with Crippen molar-refractivity contribution < 1.29 is 13.5 Å². The predicted molar refractivity (Wildman–Crippen MR) is 95.0 cm³/mol. The average Bonchev–Trinajstić information content (AvgIpc) is 2.43. The van der Waals surface area contributed by atoms with E-state index < -0.39 is 21.2 Å². The molecule has 23 heavy (non-hydrogen) atoms. The highest BCUT2D eigenvalue weighted by Crippen LogP contribution is 2.30. The van der Waals surface area contributed by atoms with E-state index in [9.17, 15) is 13.5 Å². The number of hydrogen-bond acceptors (Lipinski definition) is 3. The van der Waals surface area contributed by atoms with E-state index in [4.69, 9.17) is 34.8 Å². The van der Waals surface area contributed by atoms with Crippen molar-refractivity contribution in [1.29, 1.82) is 0 Å². The van der Waals surface area contributed by atoms with Crippen molar-refractivity contribution in [3.8, 4) is 0 Å². The minimum absolute atomic E-state index is 0.179. The zero-order valence-corrected chi connectivity index (χ0v) is 15.3. The van der Waals surface area contributed by atoms with Gasteiger partial charge >= 0.3 is 0 Å². The molecular weight excluding hydrogens is 379 g/mol. The van der Waals surface area contributed by atoms with Gasteiger partial charge in [0.15, 0.2) is 9.84 Å². The second-order valence-corrected chi connectivity index (χ2v) is 8.88. The molecule has 0 unspecified atom stereocenters. The molecule has 7 heteroatoms. The van der Waals surface area contributed by atoms with Crippen molar-refractivity contribution in [3.05, 3.63) is 68.7 Å². The third-order valence-corrected chi connectivity index (χ3v) is 6.11. The number of aliphatic hydroxyl groups is 1. The van der Waals surface area contributed by atoms with E-state index in [1.54, 1.807) is 30.3 Å². The summed E-state index contributed by atoms with van der Waals surface area (Å²) in [6.07, 6.45) is 0. The Morgan fingerprint density at radius 3 is 2.17 bits per heavy atom. The Morgan fingerprint density at radius 1 is 1.00 bits per heavy atom. The Morgan fingerprint density at radius 2 is 1.61 bits per heavy atom. The van der Waals surface area contributed by atoms with Gasteiger partial charge in [0.1, 0.15) is 5.60 Å². The zero-order valence-electron chi connectivity index (χ0n) is 12.3. The maximum atomic E-state index is 12.4. The smallest absolute Gasteiger partial charge is 0.157 e. The standard InChI is InChI=1S/C16H15Cl3O3S/c1-16(20,12-4-7-14(18)15(19)8-12)10-23(21,22)9-11-2-5-13(17)6-3-11/h2-8,20H,9-10H2,1H3/t16-/m1/s1. The molecule has 0 aliphatic heterocycles. The molecular formula is C16H15Cl3O3S. The minimum atomic E-state index is -3.55. The van der Waals surface area contributed by atoms with E-state index in [1.807, 2.05) is 0 Å². The molecule has 2 aromatic carbocycles. The lowest BCUT2D eigenvalue weighted by atomic mass is 9.98. The van der Waals surface area contributed by atoms with Crippen molar-refractivity contribution in [2.75, 3.05) is 5.75 Å². The molecule has 124 valence electrons. The van der Waals surface area contributed by atoms with E-state index in [0.717, 1.165) is 0 Å². The lowest BCUT2D eigenvalue weighted by Gasteiger charge is -2.24. The van der Waals surface area contributed by atoms with E-state index in [0.29, 0.717) is 21.2 Å². The maximum Gasteiger partial charge on any atom is 0.157 e. The summed E-state index contributed by atoms with van der Waals surface area (Å²) in [6.45, 7) is 1.44. The van der Waals surface area contributed by atoms with Gasteiger partial charge in [-0.25, -0.2) is 8.42 Å². The normalized spacial score (nSPS) is 14.5. The molecule has 0 amide bonds. The van der Waals surface area contributed by atoms with E-state index in [1.165, 1.54) is 19.1 Å². The fourth-order valence-electron chi connectivity index (χ4n) is 2.23. The molecule has 1 N–H and O–H groups in total. The molecule has 2 rings (SSSR count). The summed E-state index contributed by atoms with van der Waals surface area (Å²) in [5.41, 5.74) is -0.564. The molecule has 1 atom stereocenters. The number of sulfone groups is 1. The number of benzene rings is 2. The van der Waals surface area contributed by atoms with Gasteiger partial charge in [-0.1, -0.05) is 53.0 Å². The quantitative estimate of drug-likeness (QED) is 0.815. The van der Waals surface area contributed by atoms with Crippen LogP contribution in [0.15, 0.2) is 42.5 Å². The monoisotopic (exact) mass is 392 g/mol. The van der Waals surface area contributed by atoms with Gasteiger partial charge in [-0.2, -0.15) is 0 Å². The summed E-state index contributed by atoms with van der Waals surface area (Å²) in [7, 11) is -3.55. The van der Waals surface area contributed by atoms with Crippen molar-refractivity contribution in [1.82, 2.24) is 0 Å². The largest absolute Gasteiger partial charge is 0.384 e. The van der Waals surface area contributed by atoms with Gasteiger partial charge in [-0.3, -0.25) is 0 Å². The van der Waals surface area contributed by atoms with Crippen molar-refractivity contribution in [2.45, 2.75) is 18.3 Å². The summed E-state index contributed by atoms with van der Waals surface area (Å²) in [5.74, 6) is -0.609.